The largest absolute Gasteiger partial charge is 0.399 e. The second-order valence-electron chi connectivity index (χ2n) is 5.51. The monoisotopic (exact) mass is 275 g/mol. The fraction of sp³-hybridized carbons (Fsp3) is 0.562. The van der Waals surface area contributed by atoms with Crippen molar-refractivity contribution < 1.29 is 4.79 Å². The van der Waals surface area contributed by atoms with Crippen LogP contribution in [0.3, 0.4) is 0 Å². The molecule has 0 aliphatic carbocycles. The number of carbonyl (C=O) groups excluding carboxylic acids is 1. The van der Waals surface area contributed by atoms with Crippen molar-refractivity contribution in [3.8, 4) is 0 Å². The molecule has 1 amide bonds. The van der Waals surface area contributed by atoms with Crippen LogP contribution in [-0.4, -0.2) is 29.9 Å². The van der Waals surface area contributed by atoms with Gasteiger partial charge in [0.1, 0.15) is 0 Å². The Bertz CT molecular complexity index is 430. The van der Waals surface area contributed by atoms with Crippen LogP contribution < -0.4 is 11.1 Å². The zero-order chi connectivity index (χ0) is 14.4. The van der Waals surface area contributed by atoms with Crippen molar-refractivity contribution in [1.82, 2.24) is 10.2 Å². The van der Waals surface area contributed by atoms with Gasteiger partial charge in [-0.15, -0.1) is 0 Å². The molecule has 1 aliphatic rings. The fourth-order valence-electron chi connectivity index (χ4n) is 2.76. The number of hydrogen-bond donors (Lipinski definition) is 2. The van der Waals surface area contributed by atoms with Crippen molar-refractivity contribution in [2.24, 2.45) is 0 Å². The first-order chi connectivity index (χ1) is 9.70. The summed E-state index contributed by atoms with van der Waals surface area (Å²) < 4.78 is 0. The molecule has 20 heavy (non-hydrogen) atoms. The van der Waals surface area contributed by atoms with Crippen LogP contribution in [0.5, 0.6) is 0 Å². The van der Waals surface area contributed by atoms with Crippen LogP contribution in [0, 0.1) is 0 Å². The van der Waals surface area contributed by atoms with Gasteiger partial charge in [0.25, 0.3) is 0 Å². The highest BCUT2D eigenvalue weighted by atomic mass is 16.2. The van der Waals surface area contributed by atoms with E-state index in [2.05, 4.69) is 17.1 Å². The Morgan fingerprint density at radius 3 is 2.75 bits per heavy atom. The number of rotatable bonds is 5. The summed E-state index contributed by atoms with van der Waals surface area (Å²) in [6.07, 6.45) is 4.22. The molecule has 1 fully saturated rings. The summed E-state index contributed by atoms with van der Waals surface area (Å²) in [4.78, 5) is 14.5. The summed E-state index contributed by atoms with van der Waals surface area (Å²) in [7, 11) is 0. The number of nitrogen functional groups attached to an aromatic ring is 1. The maximum absolute atomic E-state index is 12.2. The smallest absolute Gasteiger partial charge is 0.237 e. The van der Waals surface area contributed by atoms with Gasteiger partial charge in [0.05, 0.1) is 6.04 Å². The van der Waals surface area contributed by atoms with Crippen LogP contribution in [0.15, 0.2) is 24.3 Å². The third-order valence-electron chi connectivity index (χ3n) is 3.82. The lowest BCUT2D eigenvalue weighted by Gasteiger charge is -2.29. The molecule has 1 aromatic carbocycles. The Morgan fingerprint density at radius 2 is 2.05 bits per heavy atom. The Balaban J connectivity index is 2.08. The average molecular weight is 275 g/mol. The zero-order valence-electron chi connectivity index (χ0n) is 12.3. The van der Waals surface area contributed by atoms with Gasteiger partial charge in [-0.2, -0.15) is 0 Å². The van der Waals surface area contributed by atoms with Gasteiger partial charge in [-0.3, -0.25) is 9.69 Å². The second-order valence-corrected chi connectivity index (χ2v) is 5.51. The SMILES string of the molecule is CCCN(Cc1ccc(N)cc1)C1CCCCNC1=O. The van der Waals surface area contributed by atoms with E-state index in [4.69, 9.17) is 5.73 Å². The Hall–Kier alpha value is -1.55. The van der Waals surface area contributed by atoms with E-state index in [1.807, 2.05) is 24.3 Å². The normalized spacial score (nSPS) is 19.7. The number of benzene rings is 1. The number of nitrogens with zero attached hydrogens (tertiary/aromatic N) is 1. The van der Waals surface area contributed by atoms with E-state index < -0.39 is 0 Å². The van der Waals surface area contributed by atoms with Crippen LogP contribution in [0.2, 0.25) is 0 Å². The van der Waals surface area contributed by atoms with Crippen LogP contribution in [0.25, 0.3) is 0 Å². The summed E-state index contributed by atoms with van der Waals surface area (Å²) in [6.45, 7) is 4.73. The lowest BCUT2D eigenvalue weighted by atomic mass is 10.1. The summed E-state index contributed by atoms with van der Waals surface area (Å²) in [5, 5.41) is 3.03. The van der Waals surface area contributed by atoms with Crippen molar-refractivity contribution >= 4 is 11.6 Å². The predicted octanol–water partition coefficient (Wildman–Crippen LogP) is 2.15. The minimum absolute atomic E-state index is 0.00926. The molecule has 1 heterocycles. The van der Waals surface area contributed by atoms with E-state index >= 15 is 0 Å². The molecule has 3 N–H and O–H groups in total. The predicted molar refractivity (Wildman–Crippen MR) is 82.2 cm³/mol. The average Bonchev–Trinajstić information content (AvgIpc) is 2.65. The van der Waals surface area contributed by atoms with Gasteiger partial charge in [0.15, 0.2) is 0 Å². The van der Waals surface area contributed by atoms with Crippen LogP contribution in [0.1, 0.15) is 38.2 Å². The third-order valence-corrected chi connectivity index (χ3v) is 3.82. The highest BCUT2D eigenvalue weighted by molar-refractivity contribution is 5.81. The lowest BCUT2D eigenvalue weighted by molar-refractivity contribution is -0.126. The van der Waals surface area contributed by atoms with Crippen molar-refractivity contribution in [1.29, 1.82) is 0 Å². The van der Waals surface area contributed by atoms with Gasteiger partial charge < -0.3 is 11.1 Å². The maximum Gasteiger partial charge on any atom is 0.237 e. The quantitative estimate of drug-likeness (QED) is 0.810. The molecule has 4 nitrogen and oxygen atoms in total. The summed E-state index contributed by atoms with van der Waals surface area (Å²) in [5.74, 6) is 0.186. The molecule has 1 saturated heterocycles. The summed E-state index contributed by atoms with van der Waals surface area (Å²) in [5.41, 5.74) is 7.72. The summed E-state index contributed by atoms with van der Waals surface area (Å²) in [6, 6.07) is 7.95. The minimum Gasteiger partial charge on any atom is -0.399 e. The van der Waals surface area contributed by atoms with E-state index in [0.717, 1.165) is 51.0 Å². The van der Waals surface area contributed by atoms with Crippen LogP contribution >= 0.6 is 0 Å². The van der Waals surface area contributed by atoms with Gasteiger partial charge in [0, 0.05) is 18.8 Å². The Labute approximate surface area is 121 Å². The molecule has 0 saturated carbocycles. The van der Waals surface area contributed by atoms with Crippen molar-refractivity contribution in [3.63, 3.8) is 0 Å². The Kier molecular flexibility index (Phi) is 5.41. The standard InChI is InChI=1S/C16H25N3O/c1-2-11-19(12-13-6-8-14(17)9-7-13)15-5-3-4-10-18-16(15)20/h6-9,15H,2-5,10-12,17H2,1H3,(H,18,20). The molecule has 1 atom stereocenters. The third kappa shape index (κ3) is 3.97. The molecule has 110 valence electrons. The molecule has 1 aliphatic heterocycles. The van der Waals surface area contributed by atoms with E-state index in [1.165, 1.54) is 5.56 Å². The van der Waals surface area contributed by atoms with Gasteiger partial charge in [0.2, 0.25) is 5.91 Å². The van der Waals surface area contributed by atoms with E-state index in [0.29, 0.717) is 0 Å². The van der Waals surface area contributed by atoms with Gasteiger partial charge in [-0.05, 0) is 49.9 Å². The highest BCUT2D eigenvalue weighted by Crippen LogP contribution is 2.17. The number of carbonyl (C=O) groups is 1. The van der Waals surface area contributed by atoms with Gasteiger partial charge in [-0.1, -0.05) is 19.1 Å². The number of nitrogens with two attached hydrogens (primary N) is 1. The number of nitrogens with one attached hydrogen (secondary N) is 1. The lowest BCUT2D eigenvalue weighted by Crippen LogP contribution is -2.45. The molecular weight excluding hydrogens is 250 g/mol. The molecule has 0 spiro atoms. The van der Waals surface area contributed by atoms with E-state index in [-0.39, 0.29) is 11.9 Å². The number of hydrogen-bond acceptors (Lipinski definition) is 3. The maximum atomic E-state index is 12.2. The number of amides is 1. The second kappa shape index (κ2) is 7.29. The van der Waals surface area contributed by atoms with Crippen molar-refractivity contribution in [2.45, 2.75) is 45.2 Å². The van der Waals surface area contributed by atoms with Gasteiger partial charge >= 0.3 is 0 Å². The molecule has 2 rings (SSSR count). The van der Waals surface area contributed by atoms with Crippen LogP contribution in [0.4, 0.5) is 5.69 Å². The highest BCUT2D eigenvalue weighted by Gasteiger charge is 2.26. The first kappa shape index (κ1) is 14.9. The van der Waals surface area contributed by atoms with Crippen LogP contribution in [-0.2, 0) is 11.3 Å². The molecule has 0 radical (unpaired) electrons. The van der Waals surface area contributed by atoms with E-state index in [9.17, 15) is 4.79 Å². The van der Waals surface area contributed by atoms with Crippen molar-refractivity contribution in [2.75, 3.05) is 18.8 Å². The molecule has 0 bridgehead atoms. The van der Waals surface area contributed by atoms with Gasteiger partial charge in [-0.25, -0.2) is 0 Å². The topological polar surface area (TPSA) is 58.4 Å². The summed E-state index contributed by atoms with van der Waals surface area (Å²) >= 11 is 0. The molecular formula is C16H25N3O. The zero-order valence-corrected chi connectivity index (χ0v) is 12.3. The first-order valence-corrected chi connectivity index (χ1v) is 7.57. The molecule has 1 unspecified atom stereocenters. The fourth-order valence-corrected chi connectivity index (χ4v) is 2.76. The van der Waals surface area contributed by atoms with E-state index in [1.54, 1.807) is 0 Å². The first-order valence-electron chi connectivity index (χ1n) is 7.57. The molecule has 0 aromatic heterocycles. The number of anilines is 1. The van der Waals surface area contributed by atoms with Crippen molar-refractivity contribution in [3.05, 3.63) is 29.8 Å². The molecule has 4 heteroatoms. The Morgan fingerprint density at radius 1 is 1.30 bits per heavy atom. The molecule has 1 aromatic rings. The minimum atomic E-state index is 0.00926.